The molecule has 0 N–H and O–H groups in total. The number of nitro groups is 2. The molecule has 0 saturated heterocycles. The third kappa shape index (κ3) is 5.43. The van der Waals surface area contributed by atoms with Crippen molar-refractivity contribution in [3.8, 4) is 11.5 Å². The molecule has 0 heterocycles. The predicted octanol–water partition coefficient (Wildman–Crippen LogP) is 3.91. The molecule has 0 saturated carbocycles. The van der Waals surface area contributed by atoms with Crippen LogP contribution in [0.4, 0.5) is 11.4 Å². The van der Waals surface area contributed by atoms with Crippen molar-refractivity contribution in [3.63, 3.8) is 0 Å². The molecule has 0 unspecified atom stereocenters. The monoisotopic (exact) mass is 411 g/mol. The summed E-state index contributed by atoms with van der Waals surface area (Å²) >= 11 is 0. The number of nitro benzene ring substituents is 2. The Morgan fingerprint density at radius 1 is 0.821 bits per heavy atom. The third-order valence-electron chi connectivity index (χ3n) is 3.63. The van der Waals surface area contributed by atoms with E-state index in [1.807, 2.05) is 0 Å². The van der Waals surface area contributed by atoms with Gasteiger partial charge in [-0.3, -0.25) is 20.2 Å². The molecule has 0 spiro atoms. The summed E-state index contributed by atoms with van der Waals surface area (Å²) in [5.74, 6) is 0.589. The molecule has 0 atom stereocenters. The number of methoxy groups -OCH3 is 2. The number of ether oxygens (including phenoxy) is 2. The molecule has 2 aromatic rings. The molecule has 0 aliphatic rings. The van der Waals surface area contributed by atoms with Gasteiger partial charge in [-0.05, 0) is 24.3 Å². The zero-order valence-corrected chi connectivity index (χ0v) is 15.8. The van der Waals surface area contributed by atoms with Crippen LogP contribution in [0.25, 0.3) is 0 Å². The van der Waals surface area contributed by atoms with E-state index in [0.29, 0.717) is 11.5 Å². The van der Waals surface area contributed by atoms with E-state index in [1.165, 1.54) is 50.6 Å². The van der Waals surface area contributed by atoms with Crippen molar-refractivity contribution >= 4 is 19.6 Å². The van der Waals surface area contributed by atoms with E-state index in [0.717, 1.165) is 0 Å². The second-order valence-electron chi connectivity index (χ2n) is 5.27. The third-order valence-corrected chi connectivity index (χ3v) is 4.31. The first-order valence-corrected chi connectivity index (χ1v) is 8.81. The van der Waals surface area contributed by atoms with E-state index < -0.39 is 18.1 Å². The van der Waals surface area contributed by atoms with Gasteiger partial charge in [-0.15, -0.1) is 9.05 Å². The van der Waals surface area contributed by atoms with Gasteiger partial charge in [0, 0.05) is 4.57 Å². The summed E-state index contributed by atoms with van der Waals surface area (Å²) in [5, 5.41) is 22.2. The van der Waals surface area contributed by atoms with E-state index in [1.54, 1.807) is 0 Å². The van der Waals surface area contributed by atoms with E-state index in [2.05, 4.69) is 0 Å². The van der Waals surface area contributed by atoms with Crippen molar-refractivity contribution in [2.75, 3.05) is 14.2 Å². The molecule has 0 aliphatic heterocycles. The summed E-state index contributed by atoms with van der Waals surface area (Å²) in [6.07, 6.45) is 0. The van der Waals surface area contributed by atoms with Gasteiger partial charge in [0.1, 0.15) is 24.7 Å². The summed E-state index contributed by atoms with van der Waals surface area (Å²) in [4.78, 5) is 21.0. The van der Waals surface area contributed by atoms with Gasteiger partial charge in [0.25, 0.3) is 11.4 Å². The minimum Gasteiger partial charge on any atom is -0.497 e. The second kappa shape index (κ2) is 9.70. The molecule has 0 aliphatic carbocycles. The Morgan fingerprint density at radius 3 is 1.54 bits per heavy atom. The summed E-state index contributed by atoms with van der Waals surface area (Å²) in [7, 11) is 0.0752. The Labute approximate surface area is 160 Å². The van der Waals surface area contributed by atoms with Crippen molar-refractivity contribution in [1.82, 2.24) is 0 Å². The van der Waals surface area contributed by atoms with Crippen LogP contribution in [-0.4, -0.2) is 24.1 Å². The fourth-order valence-corrected chi connectivity index (χ4v) is 2.77. The van der Waals surface area contributed by atoms with E-state index in [4.69, 9.17) is 18.5 Å². The summed E-state index contributed by atoms with van der Waals surface area (Å²) in [5.41, 5.74) is -0.163. The van der Waals surface area contributed by atoms with E-state index >= 15 is 0 Å². The zero-order valence-electron chi connectivity index (χ0n) is 14.9. The lowest BCUT2D eigenvalue weighted by Crippen LogP contribution is -1.99. The highest BCUT2D eigenvalue weighted by Gasteiger charge is 2.26. The molecule has 0 amide bonds. The Kier molecular flexibility index (Phi) is 7.33. The number of rotatable bonds is 10. The van der Waals surface area contributed by atoms with Crippen LogP contribution >= 0.6 is 8.25 Å². The highest BCUT2D eigenvalue weighted by atomic mass is 31.1. The topological polar surface area (TPSA) is 140 Å². The number of hydrogen-bond donors (Lipinski definition) is 0. The number of benzene rings is 2. The first kappa shape index (κ1) is 21.2. The minimum atomic E-state index is -2.67. The molecular weight excluding hydrogens is 395 g/mol. The predicted molar refractivity (Wildman–Crippen MR) is 96.5 cm³/mol. The molecule has 11 nitrogen and oxygen atoms in total. The van der Waals surface area contributed by atoms with Crippen molar-refractivity contribution in [3.05, 3.63) is 67.8 Å². The molecular formula is C16H16N2O9P+. The van der Waals surface area contributed by atoms with Crippen LogP contribution in [0.15, 0.2) is 36.4 Å². The largest absolute Gasteiger partial charge is 0.698 e. The molecule has 0 radical (unpaired) electrons. The first-order valence-electron chi connectivity index (χ1n) is 7.71. The SMILES string of the molecule is COc1ccc(CO[P+](=O)OCc2ccc(OC)cc2[N+](=O)[O-])c([N+](=O)[O-])c1. The average molecular weight is 411 g/mol. The summed E-state index contributed by atoms with van der Waals surface area (Å²) in [6, 6.07) is 8.25. The van der Waals surface area contributed by atoms with Crippen molar-refractivity contribution in [2.24, 2.45) is 0 Å². The molecule has 0 bridgehead atoms. The van der Waals surface area contributed by atoms with Gasteiger partial charge in [-0.1, -0.05) is 0 Å². The standard InChI is InChI=1S/C16H16N2O9P/c1-24-13-5-3-11(15(7-13)17(19)20)9-26-28(23)27-10-12-4-6-14(25-2)8-16(12)18(21)22/h3-8H,9-10H2,1-2H3/q+1. The Hall–Kier alpha value is -3.14. The van der Waals surface area contributed by atoms with Crippen molar-refractivity contribution in [1.29, 1.82) is 0 Å². The number of hydrogen-bond acceptors (Lipinski definition) is 9. The highest BCUT2D eigenvalue weighted by molar-refractivity contribution is 7.33. The fraction of sp³-hybridized carbons (Fsp3) is 0.250. The lowest BCUT2D eigenvalue weighted by Gasteiger charge is -2.03. The highest BCUT2D eigenvalue weighted by Crippen LogP contribution is 2.33. The minimum absolute atomic E-state index is 0.174. The maximum Gasteiger partial charge on any atom is 0.698 e. The Morgan fingerprint density at radius 2 is 1.21 bits per heavy atom. The van der Waals surface area contributed by atoms with Crippen LogP contribution in [0.2, 0.25) is 0 Å². The molecule has 0 fully saturated rings. The van der Waals surface area contributed by atoms with Gasteiger partial charge in [-0.25, -0.2) is 0 Å². The second-order valence-corrected chi connectivity index (χ2v) is 6.24. The Balaban J connectivity index is 2.01. The van der Waals surface area contributed by atoms with Crippen LogP contribution in [0, 0.1) is 20.2 Å². The lowest BCUT2D eigenvalue weighted by molar-refractivity contribution is -0.386. The maximum absolute atomic E-state index is 11.9. The molecule has 12 heteroatoms. The lowest BCUT2D eigenvalue weighted by atomic mass is 10.2. The van der Waals surface area contributed by atoms with Crippen molar-refractivity contribution < 1.29 is 32.9 Å². The van der Waals surface area contributed by atoms with Gasteiger partial charge in [0.05, 0.1) is 47.3 Å². The maximum atomic E-state index is 11.9. The van der Waals surface area contributed by atoms with Crippen LogP contribution in [-0.2, 0) is 26.8 Å². The smallest absolute Gasteiger partial charge is 0.497 e. The molecule has 2 rings (SSSR count). The van der Waals surface area contributed by atoms with E-state index in [-0.39, 0.29) is 35.7 Å². The Bertz CT molecular complexity index is 832. The number of nitrogens with zero attached hydrogens (tertiary/aromatic N) is 2. The normalized spacial score (nSPS) is 10.4. The van der Waals surface area contributed by atoms with Crippen LogP contribution in [0.3, 0.4) is 0 Å². The fourth-order valence-electron chi connectivity index (χ4n) is 2.21. The van der Waals surface area contributed by atoms with Crippen LogP contribution in [0.1, 0.15) is 11.1 Å². The summed E-state index contributed by atoms with van der Waals surface area (Å²) in [6.45, 7) is -0.694. The van der Waals surface area contributed by atoms with E-state index in [9.17, 15) is 24.8 Å². The quantitative estimate of drug-likeness (QED) is 0.323. The molecule has 2 aromatic carbocycles. The van der Waals surface area contributed by atoms with Gasteiger partial charge in [0.2, 0.25) is 0 Å². The zero-order chi connectivity index (χ0) is 20.7. The van der Waals surface area contributed by atoms with Crippen LogP contribution < -0.4 is 9.47 Å². The van der Waals surface area contributed by atoms with Crippen molar-refractivity contribution in [2.45, 2.75) is 13.2 Å². The van der Waals surface area contributed by atoms with Gasteiger partial charge >= 0.3 is 8.25 Å². The molecule has 148 valence electrons. The van der Waals surface area contributed by atoms with Gasteiger partial charge in [-0.2, -0.15) is 0 Å². The first-order chi connectivity index (χ1) is 13.3. The van der Waals surface area contributed by atoms with Crippen LogP contribution in [0.5, 0.6) is 11.5 Å². The molecule has 0 aromatic heterocycles. The van der Waals surface area contributed by atoms with Gasteiger partial charge < -0.3 is 9.47 Å². The van der Waals surface area contributed by atoms with Gasteiger partial charge in [0.15, 0.2) is 0 Å². The molecule has 28 heavy (non-hydrogen) atoms. The summed E-state index contributed by atoms with van der Waals surface area (Å²) < 4.78 is 31.8. The average Bonchev–Trinajstić information content (AvgIpc) is 2.70.